The summed E-state index contributed by atoms with van der Waals surface area (Å²) in [5.41, 5.74) is 2.68. The average Bonchev–Trinajstić information content (AvgIpc) is 3.68. The van der Waals surface area contributed by atoms with Crippen LogP contribution in [0, 0.1) is 11.7 Å². The Morgan fingerprint density at radius 1 is 1.10 bits per heavy atom. The normalized spacial score (nSPS) is 13.5. The molecule has 2 aromatic heterocycles. The number of nitrogens with one attached hydrogen (secondary N) is 2. The van der Waals surface area contributed by atoms with Gasteiger partial charge in [0, 0.05) is 38.2 Å². The number of pyridine rings is 1. The molecule has 1 fully saturated rings. The number of anilines is 1. The van der Waals surface area contributed by atoms with Crippen LogP contribution < -0.4 is 20.8 Å². The molecule has 2 N–H and O–H groups in total. The van der Waals surface area contributed by atoms with E-state index in [0.29, 0.717) is 42.5 Å². The Kier molecular flexibility index (Phi) is 6.26. The smallest absolute Gasteiger partial charge is 0.256 e. The zero-order chi connectivity index (χ0) is 27.9. The molecule has 0 radical (unpaired) electrons. The molecule has 1 aliphatic carbocycles. The summed E-state index contributed by atoms with van der Waals surface area (Å²) in [6, 6.07) is 16.9. The highest BCUT2D eigenvalue weighted by Crippen LogP contribution is 2.46. The van der Waals surface area contributed by atoms with Crippen LogP contribution in [0.4, 0.5) is 10.1 Å². The minimum Gasteiger partial charge on any atom is -0.451 e. The Labute approximate surface area is 235 Å². The van der Waals surface area contributed by atoms with E-state index in [-0.39, 0.29) is 22.4 Å². The van der Waals surface area contributed by atoms with Crippen molar-refractivity contribution in [3.8, 4) is 28.3 Å². The molecule has 8 nitrogen and oxygen atoms in total. The van der Waals surface area contributed by atoms with Gasteiger partial charge in [0.05, 0.1) is 17.4 Å². The van der Waals surface area contributed by atoms with Gasteiger partial charge in [0.1, 0.15) is 16.8 Å². The first kappa shape index (κ1) is 25.1. The maximum atomic E-state index is 15.7. The SMILES string of the molecule is O=C(NCC1CC1)c1cn2c3c(c(NCCCn4ccnc4)c(F)cc3c1=O)Oc1ccc(-c3ccccc3)cc1-2. The largest absolute Gasteiger partial charge is 0.451 e. The highest BCUT2D eigenvalue weighted by Gasteiger charge is 2.29. The highest BCUT2D eigenvalue weighted by molar-refractivity contribution is 6.01. The molecule has 0 saturated heterocycles. The number of nitrogens with zero attached hydrogens (tertiary/aromatic N) is 3. The van der Waals surface area contributed by atoms with Crippen molar-refractivity contribution < 1.29 is 13.9 Å². The quantitative estimate of drug-likeness (QED) is 0.225. The summed E-state index contributed by atoms with van der Waals surface area (Å²) in [6.07, 6.45) is 9.76. The topological polar surface area (TPSA) is 90.2 Å². The van der Waals surface area contributed by atoms with E-state index in [1.807, 2.05) is 59.3 Å². The zero-order valence-electron chi connectivity index (χ0n) is 22.3. The Bertz CT molecular complexity index is 1830. The molecule has 1 aliphatic heterocycles. The van der Waals surface area contributed by atoms with E-state index in [2.05, 4.69) is 15.6 Å². The third-order valence-corrected chi connectivity index (χ3v) is 7.68. The molecule has 0 atom stereocenters. The molecule has 7 rings (SSSR count). The average molecular weight is 550 g/mol. The van der Waals surface area contributed by atoms with Gasteiger partial charge in [-0.1, -0.05) is 36.4 Å². The maximum absolute atomic E-state index is 15.7. The van der Waals surface area contributed by atoms with Crippen LogP contribution >= 0.6 is 0 Å². The summed E-state index contributed by atoms with van der Waals surface area (Å²) in [5.74, 6) is 0.111. The summed E-state index contributed by atoms with van der Waals surface area (Å²) in [5, 5.41) is 6.17. The van der Waals surface area contributed by atoms with Gasteiger partial charge in [-0.2, -0.15) is 0 Å². The zero-order valence-corrected chi connectivity index (χ0v) is 22.3. The Balaban J connectivity index is 1.34. The first-order chi connectivity index (χ1) is 20.1. The fourth-order valence-corrected chi connectivity index (χ4v) is 5.30. The van der Waals surface area contributed by atoms with Crippen LogP contribution in [0.2, 0.25) is 0 Å². The van der Waals surface area contributed by atoms with Gasteiger partial charge in [-0.05, 0) is 54.5 Å². The van der Waals surface area contributed by atoms with E-state index >= 15 is 4.39 Å². The van der Waals surface area contributed by atoms with Crippen molar-refractivity contribution >= 4 is 22.5 Å². The fourth-order valence-electron chi connectivity index (χ4n) is 5.30. The van der Waals surface area contributed by atoms with Crippen LogP contribution in [0.1, 0.15) is 29.6 Å². The number of hydrogen-bond donors (Lipinski definition) is 2. The minimum absolute atomic E-state index is 0.0255. The van der Waals surface area contributed by atoms with Crippen molar-refractivity contribution in [2.45, 2.75) is 25.8 Å². The monoisotopic (exact) mass is 549 g/mol. The number of carbonyl (C=O) groups is 1. The van der Waals surface area contributed by atoms with Crippen LogP contribution in [-0.4, -0.2) is 33.1 Å². The third kappa shape index (κ3) is 4.73. The van der Waals surface area contributed by atoms with Crippen molar-refractivity contribution in [1.29, 1.82) is 0 Å². The van der Waals surface area contributed by atoms with Gasteiger partial charge in [0.15, 0.2) is 17.3 Å². The Hall–Kier alpha value is -4.92. The molecule has 41 heavy (non-hydrogen) atoms. The number of benzene rings is 3. The number of imidazole rings is 1. The molecule has 3 aromatic carbocycles. The predicted molar refractivity (Wildman–Crippen MR) is 155 cm³/mol. The summed E-state index contributed by atoms with van der Waals surface area (Å²) in [6.45, 7) is 1.71. The van der Waals surface area contributed by atoms with Gasteiger partial charge in [-0.3, -0.25) is 9.59 Å². The van der Waals surface area contributed by atoms with Crippen LogP contribution in [-0.2, 0) is 6.54 Å². The number of ether oxygens (including phenoxy) is 1. The minimum atomic E-state index is -0.612. The third-order valence-electron chi connectivity index (χ3n) is 7.68. The Morgan fingerprint density at radius 3 is 2.73 bits per heavy atom. The molecular formula is C32H28FN5O3. The number of aryl methyl sites for hydroxylation is 1. The molecule has 0 unspecified atom stereocenters. The van der Waals surface area contributed by atoms with Gasteiger partial charge in [-0.15, -0.1) is 0 Å². The molecule has 1 amide bonds. The Morgan fingerprint density at radius 2 is 1.95 bits per heavy atom. The number of carbonyl (C=O) groups excluding carboxylic acids is 1. The molecule has 0 spiro atoms. The lowest BCUT2D eigenvalue weighted by Gasteiger charge is -2.26. The number of hydrogen-bond acceptors (Lipinski definition) is 5. The number of amides is 1. The van der Waals surface area contributed by atoms with Gasteiger partial charge in [0.2, 0.25) is 5.43 Å². The lowest BCUT2D eigenvalue weighted by atomic mass is 10.0. The van der Waals surface area contributed by atoms with Gasteiger partial charge >= 0.3 is 0 Å². The van der Waals surface area contributed by atoms with E-state index < -0.39 is 17.2 Å². The van der Waals surface area contributed by atoms with Crippen LogP contribution in [0.5, 0.6) is 11.5 Å². The van der Waals surface area contributed by atoms with E-state index in [1.54, 1.807) is 23.3 Å². The second-order valence-corrected chi connectivity index (χ2v) is 10.6. The molecule has 2 aliphatic rings. The second kappa shape index (κ2) is 10.2. The lowest BCUT2D eigenvalue weighted by Crippen LogP contribution is -2.31. The highest BCUT2D eigenvalue weighted by atomic mass is 19.1. The number of rotatable bonds is 9. The van der Waals surface area contributed by atoms with Crippen LogP contribution in [0.25, 0.3) is 27.7 Å². The molecular weight excluding hydrogens is 521 g/mol. The number of fused-ring (bicyclic) bond motifs is 2. The summed E-state index contributed by atoms with van der Waals surface area (Å²) in [4.78, 5) is 30.8. The van der Waals surface area contributed by atoms with E-state index in [0.717, 1.165) is 30.4 Å². The van der Waals surface area contributed by atoms with Crippen molar-refractivity contribution in [1.82, 2.24) is 19.4 Å². The van der Waals surface area contributed by atoms with Crippen molar-refractivity contribution in [2.75, 3.05) is 18.4 Å². The van der Waals surface area contributed by atoms with Crippen LogP contribution in [0.15, 0.2) is 84.3 Å². The summed E-state index contributed by atoms with van der Waals surface area (Å²) < 4.78 is 25.7. The fraction of sp³-hybridized carbons (Fsp3) is 0.219. The molecule has 1 saturated carbocycles. The molecule has 9 heteroatoms. The van der Waals surface area contributed by atoms with Gasteiger partial charge < -0.3 is 24.5 Å². The summed E-state index contributed by atoms with van der Waals surface area (Å²) in [7, 11) is 0. The standard InChI is InChI=1S/C32H28FN5O3/c33-25-16-23-29-31(28(25)35-11-4-13-37-14-12-34-19-37)41-27-10-9-22(21-5-2-1-3-6-21)15-26(27)38(29)18-24(30(23)39)32(40)36-17-20-7-8-20/h1-3,5-6,9-10,12,14-16,18-20,35H,4,7-8,11,13,17H2,(H,36,40). The van der Waals surface area contributed by atoms with Crippen molar-refractivity contribution in [2.24, 2.45) is 5.92 Å². The first-order valence-corrected chi connectivity index (χ1v) is 13.8. The van der Waals surface area contributed by atoms with Crippen molar-refractivity contribution in [3.05, 3.63) is 101 Å². The number of aromatic nitrogens is 3. The number of halogens is 1. The van der Waals surface area contributed by atoms with Gasteiger partial charge in [-0.25, -0.2) is 9.37 Å². The molecule has 5 aromatic rings. The maximum Gasteiger partial charge on any atom is 0.256 e. The van der Waals surface area contributed by atoms with Gasteiger partial charge in [0.25, 0.3) is 5.91 Å². The second-order valence-electron chi connectivity index (χ2n) is 10.6. The summed E-state index contributed by atoms with van der Waals surface area (Å²) >= 11 is 0. The van der Waals surface area contributed by atoms with Crippen LogP contribution in [0.3, 0.4) is 0 Å². The first-order valence-electron chi connectivity index (χ1n) is 13.8. The molecule has 0 bridgehead atoms. The predicted octanol–water partition coefficient (Wildman–Crippen LogP) is 5.74. The van der Waals surface area contributed by atoms with E-state index in [4.69, 9.17) is 4.74 Å². The van der Waals surface area contributed by atoms with E-state index in [1.165, 1.54) is 6.07 Å². The van der Waals surface area contributed by atoms with E-state index in [9.17, 15) is 9.59 Å². The molecule has 206 valence electrons. The molecule has 3 heterocycles. The van der Waals surface area contributed by atoms with Crippen molar-refractivity contribution in [3.63, 3.8) is 0 Å². The lowest BCUT2D eigenvalue weighted by molar-refractivity contribution is 0.0950.